The van der Waals surface area contributed by atoms with Crippen molar-refractivity contribution in [2.24, 2.45) is 5.92 Å². The van der Waals surface area contributed by atoms with Crippen LogP contribution < -0.4 is 0 Å². The summed E-state index contributed by atoms with van der Waals surface area (Å²) in [4.78, 5) is 17.9. The average Bonchev–Trinajstić information content (AvgIpc) is 2.16. The third kappa shape index (κ3) is 1.94. The fourth-order valence-corrected chi connectivity index (χ4v) is 1.87. The van der Waals surface area contributed by atoms with E-state index in [-0.39, 0.29) is 23.4 Å². The Morgan fingerprint density at radius 1 is 1.53 bits per heavy atom. The number of nitrogens with one attached hydrogen (secondary N) is 1. The Hall–Kier alpha value is -1.17. The number of aromatic amines is 1. The van der Waals surface area contributed by atoms with E-state index in [1.807, 2.05) is 0 Å². The SMILES string of the molecule is O=C1CC(C(F)F)Cc2[nH]c(=S)ncc21. The van der Waals surface area contributed by atoms with Crippen LogP contribution in [0.2, 0.25) is 0 Å². The molecule has 1 unspecified atom stereocenters. The molecule has 0 saturated heterocycles. The molecule has 3 nitrogen and oxygen atoms in total. The molecule has 0 bridgehead atoms. The van der Waals surface area contributed by atoms with Crippen LogP contribution in [0.25, 0.3) is 0 Å². The quantitative estimate of drug-likeness (QED) is 0.752. The van der Waals surface area contributed by atoms with Crippen LogP contribution in [-0.4, -0.2) is 22.2 Å². The maximum absolute atomic E-state index is 12.5. The highest BCUT2D eigenvalue weighted by molar-refractivity contribution is 7.71. The molecule has 0 aliphatic heterocycles. The Morgan fingerprint density at radius 3 is 2.93 bits per heavy atom. The molecule has 0 fully saturated rings. The highest BCUT2D eigenvalue weighted by Crippen LogP contribution is 2.27. The summed E-state index contributed by atoms with van der Waals surface area (Å²) < 4.78 is 25.2. The van der Waals surface area contributed by atoms with Crippen LogP contribution in [0.5, 0.6) is 0 Å². The minimum absolute atomic E-state index is 0.114. The number of H-pyrrole nitrogens is 1. The second kappa shape index (κ2) is 3.77. The molecule has 15 heavy (non-hydrogen) atoms. The van der Waals surface area contributed by atoms with E-state index in [1.54, 1.807) is 0 Å². The summed E-state index contributed by atoms with van der Waals surface area (Å²) in [5, 5.41) is 0. The predicted octanol–water partition coefficient (Wildman–Crippen LogP) is 2.15. The van der Waals surface area contributed by atoms with Crippen LogP contribution >= 0.6 is 12.2 Å². The largest absolute Gasteiger partial charge is 0.334 e. The first-order valence-electron chi connectivity index (χ1n) is 4.47. The second-order valence-corrected chi connectivity index (χ2v) is 3.89. The van der Waals surface area contributed by atoms with E-state index in [9.17, 15) is 13.6 Å². The highest BCUT2D eigenvalue weighted by atomic mass is 32.1. The van der Waals surface area contributed by atoms with Crippen LogP contribution in [0, 0.1) is 10.7 Å². The molecular formula is C9H8F2N2OS. The summed E-state index contributed by atoms with van der Waals surface area (Å²) in [5.74, 6) is -1.20. The lowest BCUT2D eigenvalue weighted by Crippen LogP contribution is -2.26. The Balaban J connectivity index is 2.42. The number of nitrogens with zero attached hydrogens (tertiary/aromatic N) is 1. The van der Waals surface area contributed by atoms with Crippen molar-refractivity contribution >= 4 is 18.0 Å². The van der Waals surface area contributed by atoms with Crippen molar-refractivity contribution in [3.63, 3.8) is 0 Å². The highest BCUT2D eigenvalue weighted by Gasteiger charge is 2.31. The van der Waals surface area contributed by atoms with Crippen molar-refractivity contribution in [1.29, 1.82) is 0 Å². The number of ketones is 1. The monoisotopic (exact) mass is 230 g/mol. The maximum atomic E-state index is 12.5. The molecule has 1 aliphatic carbocycles. The number of carbonyl (C=O) groups excluding carboxylic acids is 1. The van der Waals surface area contributed by atoms with Gasteiger partial charge in [0.05, 0.1) is 5.56 Å². The van der Waals surface area contributed by atoms with Crippen LogP contribution in [0.4, 0.5) is 8.78 Å². The van der Waals surface area contributed by atoms with Gasteiger partial charge in [-0.15, -0.1) is 0 Å². The third-order valence-corrected chi connectivity index (χ3v) is 2.67. The Labute approximate surface area is 89.5 Å². The lowest BCUT2D eigenvalue weighted by molar-refractivity contribution is 0.0591. The zero-order chi connectivity index (χ0) is 11.0. The molecule has 1 aromatic heterocycles. The second-order valence-electron chi connectivity index (χ2n) is 3.51. The normalized spacial score (nSPS) is 20.5. The zero-order valence-electron chi connectivity index (χ0n) is 7.67. The number of aromatic nitrogens is 2. The van der Waals surface area contributed by atoms with E-state index in [4.69, 9.17) is 12.2 Å². The van der Waals surface area contributed by atoms with Crippen molar-refractivity contribution < 1.29 is 13.6 Å². The number of rotatable bonds is 1. The molecule has 1 aromatic rings. The van der Waals surface area contributed by atoms with Gasteiger partial charge in [0.15, 0.2) is 10.6 Å². The predicted molar refractivity (Wildman–Crippen MR) is 51.6 cm³/mol. The fraction of sp³-hybridized carbons (Fsp3) is 0.444. The molecular weight excluding hydrogens is 222 g/mol. The van der Waals surface area contributed by atoms with Crippen molar-refractivity contribution in [1.82, 2.24) is 9.97 Å². The molecule has 2 rings (SSSR count). The summed E-state index contributed by atoms with van der Waals surface area (Å²) in [5.41, 5.74) is 0.872. The smallest absolute Gasteiger partial charge is 0.242 e. The van der Waals surface area contributed by atoms with Crippen LogP contribution in [-0.2, 0) is 6.42 Å². The minimum atomic E-state index is -2.47. The van der Waals surface area contributed by atoms with Crippen LogP contribution in [0.15, 0.2) is 6.20 Å². The van der Waals surface area contributed by atoms with Crippen molar-refractivity contribution in [3.8, 4) is 0 Å². The van der Waals surface area contributed by atoms with Gasteiger partial charge in [0.1, 0.15) is 0 Å². The minimum Gasteiger partial charge on any atom is -0.334 e. The Morgan fingerprint density at radius 2 is 2.27 bits per heavy atom. The zero-order valence-corrected chi connectivity index (χ0v) is 8.48. The molecule has 0 saturated carbocycles. The molecule has 1 aliphatic rings. The fourth-order valence-electron chi connectivity index (χ4n) is 1.69. The molecule has 1 N–H and O–H groups in total. The number of alkyl halides is 2. The van der Waals surface area contributed by atoms with Crippen LogP contribution in [0.1, 0.15) is 22.5 Å². The maximum Gasteiger partial charge on any atom is 0.242 e. The molecule has 0 spiro atoms. The number of hydrogen-bond donors (Lipinski definition) is 1. The van der Waals surface area contributed by atoms with E-state index < -0.39 is 12.3 Å². The van der Waals surface area contributed by atoms with Gasteiger partial charge in [-0.05, 0) is 18.6 Å². The van der Waals surface area contributed by atoms with Crippen molar-refractivity contribution in [2.75, 3.05) is 0 Å². The topological polar surface area (TPSA) is 45.8 Å². The van der Waals surface area contributed by atoms with Gasteiger partial charge < -0.3 is 4.98 Å². The molecule has 1 atom stereocenters. The summed E-state index contributed by atoms with van der Waals surface area (Å²) >= 11 is 4.77. The van der Waals surface area contributed by atoms with Gasteiger partial charge in [-0.2, -0.15) is 0 Å². The number of Topliss-reactive ketones (excluding diaryl/α,β-unsaturated/α-hetero) is 1. The first-order chi connectivity index (χ1) is 7.08. The van der Waals surface area contributed by atoms with Crippen molar-refractivity contribution in [2.45, 2.75) is 19.3 Å². The van der Waals surface area contributed by atoms with Gasteiger partial charge in [-0.3, -0.25) is 4.79 Å². The van der Waals surface area contributed by atoms with Gasteiger partial charge >= 0.3 is 0 Å². The van der Waals surface area contributed by atoms with E-state index >= 15 is 0 Å². The van der Waals surface area contributed by atoms with E-state index in [0.29, 0.717) is 11.3 Å². The third-order valence-electron chi connectivity index (χ3n) is 2.46. The molecule has 0 radical (unpaired) electrons. The summed E-state index contributed by atoms with van der Waals surface area (Å²) in [7, 11) is 0. The summed E-state index contributed by atoms with van der Waals surface area (Å²) in [6.45, 7) is 0. The number of halogens is 2. The standard InChI is InChI=1S/C9H8F2N2OS/c10-8(11)4-1-6-5(7(14)2-4)3-12-9(15)13-6/h3-4,8H,1-2H2,(H,12,13,15). The number of carbonyl (C=O) groups is 1. The summed E-state index contributed by atoms with van der Waals surface area (Å²) in [6, 6.07) is 0. The van der Waals surface area contributed by atoms with Gasteiger partial charge in [0, 0.05) is 24.2 Å². The molecule has 0 aromatic carbocycles. The van der Waals surface area contributed by atoms with Gasteiger partial charge in [0.25, 0.3) is 0 Å². The Bertz CT molecular complexity index is 458. The van der Waals surface area contributed by atoms with Gasteiger partial charge in [-0.1, -0.05) is 0 Å². The first-order valence-corrected chi connectivity index (χ1v) is 4.88. The van der Waals surface area contributed by atoms with Gasteiger partial charge in [0.2, 0.25) is 6.43 Å². The Kier molecular flexibility index (Phi) is 2.60. The van der Waals surface area contributed by atoms with Crippen LogP contribution in [0.3, 0.4) is 0 Å². The molecule has 0 amide bonds. The summed E-state index contributed by atoms with van der Waals surface area (Å²) in [6.07, 6.45) is -1.07. The molecule has 80 valence electrons. The molecule has 6 heteroatoms. The number of fused-ring (bicyclic) bond motifs is 1. The molecule has 1 heterocycles. The average molecular weight is 230 g/mol. The van der Waals surface area contributed by atoms with E-state index in [1.165, 1.54) is 6.20 Å². The van der Waals surface area contributed by atoms with Gasteiger partial charge in [-0.25, -0.2) is 13.8 Å². The number of hydrogen-bond acceptors (Lipinski definition) is 3. The lowest BCUT2D eigenvalue weighted by atomic mass is 9.87. The lowest BCUT2D eigenvalue weighted by Gasteiger charge is -2.21. The van der Waals surface area contributed by atoms with Crippen molar-refractivity contribution in [3.05, 3.63) is 22.2 Å². The first kappa shape index (κ1) is 10.4. The van der Waals surface area contributed by atoms with E-state index in [0.717, 1.165) is 0 Å². The van der Waals surface area contributed by atoms with E-state index in [2.05, 4.69) is 9.97 Å².